The third-order valence-corrected chi connectivity index (χ3v) is 25.3. The first-order valence-corrected chi connectivity index (χ1v) is 43.3. The van der Waals surface area contributed by atoms with Crippen molar-refractivity contribution in [3.63, 3.8) is 0 Å². The zero-order valence-corrected chi connectivity index (χ0v) is 71.5. The van der Waals surface area contributed by atoms with Crippen molar-refractivity contribution in [3.05, 3.63) is 0 Å². The number of carbonyl (C=O) groups is 5. The van der Waals surface area contributed by atoms with Crippen molar-refractivity contribution >= 4 is 28.9 Å². The molecule has 592 valence electrons. The van der Waals surface area contributed by atoms with Gasteiger partial charge in [-0.25, -0.2) is 0 Å². The molecule has 0 spiro atoms. The highest BCUT2D eigenvalue weighted by Crippen LogP contribution is 2.40. The number of ketones is 5. The summed E-state index contributed by atoms with van der Waals surface area (Å²) in [6.07, 6.45) is 52.0. The summed E-state index contributed by atoms with van der Waals surface area (Å²) in [5.74, 6) is 15.9. The summed E-state index contributed by atoms with van der Waals surface area (Å²) in [5, 5.41) is 0. The van der Waals surface area contributed by atoms with Crippen LogP contribution in [0.15, 0.2) is 0 Å². The maximum absolute atomic E-state index is 11.8. The van der Waals surface area contributed by atoms with Crippen LogP contribution < -0.4 is 0 Å². The van der Waals surface area contributed by atoms with E-state index in [2.05, 4.69) is 69.2 Å². The Balaban J connectivity index is 0.00000122. The quantitative estimate of drug-likeness (QED) is 0.0596. The number of carbonyl (C=O) groups excluding carboxylic acids is 5. The van der Waals surface area contributed by atoms with Crippen molar-refractivity contribution < 1.29 is 28.7 Å². The van der Waals surface area contributed by atoms with Crippen molar-refractivity contribution in [2.75, 3.05) is 13.2 Å². The van der Waals surface area contributed by atoms with E-state index in [1.165, 1.54) is 199 Å². The lowest BCUT2D eigenvalue weighted by molar-refractivity contribution is -0.127. The molecule has 0 aromatic carbocycles. The van der Waals surface area contributed by atoms with Crippen molar-refractivity contribution in [1.29, 1.82) is 0 Å². The molecule has 0 amide bonds. The fraction of sp³-hybridized carbons (Fsp3) is 0.947. The number of hydrogen-bond donors (Lipinski definition) is 0. The molecule has 0 atom stereocenters. The molecule has 0 bridgehead atoms. The fourth-order valence-corrected chi connectivity index (χ4v) is 16.5. The number of rotatable bonds is 34. The van der Waals surface area contributed by atoms with Gasteiger partial charge in [0.25, 0.3) is 0 Å². The zero-order chi connectivity index (χ0) is 75.2. The molecule has 5 aliphatic carbocycles. The molecule has 0 unspecified atom stereocenters. The Morgan fingerprint density at radius 1 is 0.240 bits per heavy atom. The van der Waals surface area contributed by atoms with Crippen LogP contribution in [0.2, 0.25) is 0 Å². The largest absolute Gasteiger partial charge is 0.381 e. The average Bonchev–Trinajstić information content (AvgIpc) is 0.937. The first-order valence-electron chi connectivity index (χ1n) is 43.3. The monoisotopic (exact) mass is 1410 g/mol. The molecule has 0 aromatic rings. The van der Waals surface area contributed by atoms with Crippen LogP contribution >= 0.6 is 0 Å². The van der Waals surface area contributed by atoms with Crippen LogP contribution in [0.25, 0.3) is 0 Å². The molecule has 5 aliphatic rings. The zero-order valence-electron chi connectivity index (χ0n) is 71.5. The Morgan fingerprint density at radius 2 is 0.420 bits per heavy atom. The normalized spacial score (nSPS) is 24.0. The number of ether oxygens (including phenoxy) is 1. The van der Waals surface area contributed by atoms with Crippen LogP contribution in [0.1, 0.15) is 444 Å². The van der Waals surface area contributed by atoms with Gasteiger partial charge < -0.3 is 4.74 Å². The van der Waals surface area contributed by atoms with Gasteiger partial charge in [-0.1, -0.05) is 309 Å². The molecular formula is C94H180O6. The maximum atomic E-state index is 11.8. The summed E-state index contributed by atoms with van der Waals surface area (Å²) >= 11 is 0. The average molecular weight is 1410 g/mol. The second kappa shape index (κ2) is 51.6. The summed E-state index contributed by atoms with van der Waals surface area (Å²) in [6, 6.07) is 0. The molecule has 100 heavy (non-hydrogen) atoms. The summed E-state index contributed by atoms with van der Waals surface area (Å²) in [5.41, 5.74) is -0.774. The third kappa shape index (κ3) is 46.4. The van der Waals surface area contributed by atoms with Gasteiger partial charge in [0, 0.05) is 72.4 Å². The molecule has 5 saturated carbocycles. The fourth-order valence-electron chi connectivity index (χ4n) is 16.5. The number of hydrogen-bond acceptors (Lipinski definition) is 6. The minimum Gasteiger partial charge on any atom is -0.381 e. The molecule has 0 saturated heterocycles. The van der Waals surface area contributed by atoms with Crippen LogP contribution in [-0.2, 0) is 28.7 Å². The van der Waals surface area contributed by atoms with Gasteiger partial charge in [-0.3, -0.25) is 24.0 Å². The highest BCUT2D eigenvalue weighted by atomic mass is 16.5. The number of unbranched alkanes of at least 4 members (excludes halogenated alkanes) is 6. The molecule has 0 aliphatic heterocycles. The molecule has 0 aromatic heterocycles. The van der Waals surface area contributed by atoms with Gasteiger partial charge in [0.05, 0.1) is 0 Å². The van der Waals surface area contributed by atoms with Gasteiger partial charge in [0.1, 0.15) is 28.9 Å². The van der Waals surface area contributed by atoms with Crippen LogP contribution in [0.4, 0.5) is 0 Å². The Morgan fingerprint density at radius 3 is 0.660 bits per heavy atom. The Hall–Kier alpha value is -1.69. The Kier molecular flexibility index (Phi) is 50.7. The van der Waals surface area contributed by atoms with E-state index >= 15 is 0 Å². The topological polar surface area (TPSA) is 94.6 Å². The predicted molar refractivity (Wildman–Crippen MR) is 438 cm³/mol. The molecule has 0 radical (unpaired) electrons. The molecule has 5 rings (SSSR count). The van der Waals surface area contributed by atoms with E-state index in [-0.39, 0.29) is 34.5 Å². The third-order valence-electron chi connectivity index (χ3n) is 25.3. The van der Waals surface area contributed by atoms with Crippen LogP contribution in [0, 0.1) is 116 Å². The van der Waals surface area contributed by atoms with E-state index in [1.54, 1.807) is 0 Å². The smallest absolute Gasteiger partial charge is 0.138 e. The lowest BCUT2D eigenvalue weighted by atomic mass is 9.75. The lowest BCUT2D eigenvalue weighted by Crippen LogP contribution is -2.21. The molecule has 5 fully saturated rings. The van der Waals surface area contributed by atoms with Crippen molar-refractivity contribution in [2.45, 2.75) is 444 Å². The van der Waals surface area contributed by atoms with E-state index in [0.29, 0.717) is 35.3 Å². The summed E-state index contributed by atoms with van der Waals surface area (Å²) in [6.45, 7) is 55.6. The van der Waals surface area contributed by atoms with E-state index in [4.69, 9.17) is 4.74 Å². The standard InChI is InChI=1S/C20H38O.C19H36O2.C19H36O.C18H34O.C17H32O.CH4/c1-16(2)18-14-12-17(13-15-18)10-8-6-7-9-11-19(21)20(3,4)5;1-15(2)17-10-8-16(9-11-17)12-14-21-13-6-7-18(20)19(3,4)5;1-15(2)17-13-11-16(12-14-17)9-7-6-8-10-18(20)19(3,4)5;1-14(2)16-12-10-15(11-13-16)8-6-7-9-17(19)18(3,4)5;1-13(2)15-11-9-14(10-12-15)7-6-8-16(18)17(3,4)5;/h16-18H,6-15H2,1-5H3;15-17H,6-14H2,1-5H3;15-17H,6-14H2,1-5H3;14-16H,6-13H2,1-5H3;13-15H,6-12H2,1-5H3;1H4. The molecular weight excluding hydrogens is 1230 g/mol. The first-order chi connectivity index (χ1) is 46.0. The highest BCUT2D eigenvalue weighted by Gasteiger charge is 2.30. The van der Waals surface area contributed by atoms with E-state index < -0.39 is 0 Å². The molecule has 6 heteroatoms. The Bertz CT molecular complexity index is 2000. The lowest BCUT2D eigenvalue weighted by Gasteiger charge is -2.31. The van der Waals surface area contributed by atoms with Gasteiger partial charge in [-0.05, 0) is 192 Å². The van der Waals surface area contributed by atoms with Crippen molar-refractivity contribution in [1.82, 2.24) is 0 Å². The SMILES string of the molecule is C.CC(C)C1CCC(CCCC(=O)C(C)(C)C)CC1.CC(C)C1CCC(CCCCC(=O)C(C)(C)C)CC1.CC(C)C1CCC(CCCCCC(=O)C(C)(C)C)CC1.CC(C)C1CCC(CCCCCCC(=O)C(C)(C)C)CC1.CC(C)C1CCC(CCOCCCC(=O)C(C)(C)C)CC1. The van der Waals surface area contributed by atoms with Gasteiger partial charge in [-0.15, -0.1) is 0 Å². The van der Waals surface area contributed by atoms with E-state index in [9.17, 15) is 24.0 Å². The molecule has 6 nitrogen and oxygen atoms in total. The molecule has 0 heterocycles. The van der Waals surface area contributed by atoms with E-state index in [1.807, 2.05) is 104 Å². The van der Waals surface area contributed by atoms with Crippen LogP contribution in [-0.4, -0.2) is 42.1 Å². The van der Waals surface area contributed by atoms with E-state index in [0.717, 1.165) is 160 Å². The van der Waals surface area contributed by atoms with Crippen LogP contribution in [0.5, 0.6) is 0 Å². The Labute approximate surface area is 627 Å². The van der Waals surface area contributed by atoms with Gasteiger partial charge >= 0.3 is 0 Å². The van der Waals surface area contributed by atoms with Crippen molar-refractivity contribution in [3.8, 4) is 0 Å². The van der Waals surface area contributed by atoms with Gasteiger partial charge in [-0.2, -0.15) is 0 Å². The number of Topliss-reactive ketones (excluding diaryl/α,β-unsaturated/α-hetero) is 5. The highest BCUT2D eigenvalue weighted by molar-refractivity contribution is 5.85. The molecule has 0 N–H and O–H groups in total. The second-order valence-electron chi connectivity index (χ2n) is 40.7. The second-order valence-corrected chi connectivity index (χ2v) is 40.7. The minimum atomic E-state index is -0.199. The van der Waals surface area contributed by atoms with Gasteiger partial charge in [0.15, 0.2) is 0 Å². The van der Waals surface area contributed by atoms with Gasteiger partial charge in [0.2, 0.25) is 0 Å². The summed E-state index contributed by atoms with van der Waals surface area (Å²) in [4.78, 5) is 59.1. The summed E-state index contributed by atoms with van der Waals surface area (Å²) < 4.78 is 5.72. The predicted octanol–water partition coefficient (Wildman–Crippen LogP) is 29.2. The summed E-state index contributed by atoms with van der Waals surface area (Å²) in [7, 11) is 0. The maximum Gasteiger partial charge on any atom is 0.138 e. The minimum absolute atomic E-state index is 0. The van der Waals surface area contributed by atoms with Crippen molar-refractivity contribution in [2.24, 2.45) is 116 Å². The van der Waals surface area contributed by atoms with Crippen LogP contribution in [0.3, 0.4) is 0 Å². The first kappa shape index (κ1) is 98.3.